The molecule has 1 aliphatic rings. The molecule has 26 heavy (non-hydrogen) atoms. The van der Waals surface area contributed by atoms with Crippen LogP contribution in [-0.4, -0.2) is 33.7 Å². The second kappa shape index (κ2) is 7.60. The van der Waals surface area contributed by atoms with Crippen LogP contribution in [0.2, 0.25) is 0 Å². The molecule has 1 aromatic heterocycles. The first-order valence-electron chi connectivity index (χ1n) is 9.67. The van der Waals surface area contributed by atoms with Crippen molar-refractivity contribution < 1.29 is 4.79 Å². The van der Waals surface area contributed by atoms with Gasteiger partial charge in [-0.05, 0) is 30.7 Å². The maximum atomic E-state index is 13.3. The first kappa shape index (κ1) is 18.6. The number of carbonyl (C=O) groups is 1. The lowest BCUT2D eigenvalue weighted by molar-refractivity contribution is 0.0622. The molecule has 0 saturated heterocycles. The fourth-order valence-corrected chi connectivity index (χ4v) is 4.05. The fourth-order valence-electron chi connectivity index (χ4n) is 4.05. The first-order chi connectivity index (χ1) is 12.4. The summed E-state index contributed by atoms with van der Waals surface area (Å²) in [5.74, 6) is 0.684. The summed E-state index contributed by atoms with van der Waals surface area (Å²) in [6.07, 6.45) is 4.59. The number of carbonyl (C=O) groups excluding carboxylic acids is 1. The average Bonchev–Trinajstić information content (AvgIpc) is 2.63. The fraction of sp³-hybridized carbons (Fsp3) is 0.571. The summed E-state index contributed by atoms with van der Waals surface area (Å²) in [5.41, 5.74) is 0.265. The second-order valence-electron chi connectivity index (χ2n) is 8.02. The van der Waals surface area contributed by atoms with Crippen molar-refractivity contribution >= 4 is 16.7 Å². The van der Waals surface area contributed by atoms with E-state index in [0.29, 0.717) is 28.9 Å². The Hall–Kier alpha value is -2.17. The highest BCUT2D eigenvalue weighted by molar-refractivity contribution is 6.04. The molecular weight excluding hydrogens is 326 g/mol. The van der Waals surface area contributed by atoms with Crippen LogP contribution in [0.3, 0.4) is 0 Å². The Morgan fingerprint density at radius 3 is 2.54 bits per heavy atom. The summed E-state index contributed by atoms with van der Waals surface area (Å²) >= 11 is 0. The summed E-state index contributed by atoms with van der Waals surface area (Å²) in [7, 11) is 1.88. The quantitative estimate of drug-likeness (QED) is 0.840. The molecule has 0 N–H and O–H groups in total. The van der Waals surface area contributed by atoms with Gasteiger partial charge in [0.15, 0.2) is 5.69 Å². The van der Waals surface area contributed by atoms with Crippen molar-refractivity contribution in [1.29, 1.82) is 0 Å². The summed E-state index contributed by atoms with van der Waals surface area (Å²) < 4.78 is 1.46. The zero-order valence-electron chi connectivity index (χ0n) is 16.2. The number of hydrogen-bond acceptors (Lipinski definition) is 3. The topological polar surface area (TPSA) is 55.2 Å². The van der Waals surface area contributed by atoms with E-state index in [0.717, 1.165) is 19.3 Å². The molecule has 0 aliphatic heterocycles. The van der Waals surface area contributed by atoms with Gasteiger partial charge in [-0.25, -0.2) is 4.68 Å². The number of fused-ring (bicyclic) bond motifs is 1. The maximum Gasteiger partial charge on any atom is 0.274 e. The van der Waals surface area contributed by atoms with Crippen molar-refractivity contribution in [1.82, 2.24) is 14.7 Å². The summed E-state index contributed by atoms with van der Waals surface area (Å²) in [5, 5.41) is 5.71. The summed E-state index contributed by atoms with van der Waals surface area (Å²) in [4.78, 5) is 27.9. The number of aromatic nitrogens is 2. The van der Waals surface area contributed by atoms with Crippen molar-refractivity contribution in [3.63, 3.8) is 0 Å². The van der Waals surface area contributed by atoms with Gasteiger partial charge in [0.25, 0.3) is 11.5 Å². The van der Waals surface area contributed by atoms with E-state index in [2.05, 4.69) is 12.0 Å². The molecule has 2 aromatic rings. The highest BCUT2D eigenvalue weighted by atomic mass is 16.2. The third-order valence-electron chi connectivity index (χ3n) is 5.49. The molecule has 1 fully saturated rings. The molecule has 2 atom stereocenters. The van der Waals surface area contributed by atoms with E-state index in [4.69, 9.17) is 0 Å². The summed E-state index contributed by atoms with van der Waals surface area (Å²) in [6, 6.07) is 7.55. The van der Waals surface area contributed by atoms with Crippen molar-refractivity contribution in [2.24, 2.45) is 11.8 Å². The van der Waals surface area contributed by atoms with Crippen molar-refractivity contribution in [3.05, 3.63) is 40.3 Å². The SMILES string of the molecule is CC(C)Cn1nc(C(=O)N(C)C2CCCCC2C)c2ccccc2c1=O. The van der Waals surface area contributed by atoms with Crippen LogP contribution in [0.25, 0.3) is 10.8 Å². The number of benzene rings is 1. The van der Waals surface area contributed by atoms with E-state index in [9.17, 15) is 9.59 Å². The lowest BCUT2D eigenvalue weighted by Gasteiger charge is -2.36. The lowest BCUT2D eigenvalue weighted by atomic mass is 9.85. The van der Waals surface area contributed by atoms with Crippen LogP contribution in [0.1, 0.15) is 56.9 Å². The van der Waals surface area contributed by atoms with Crippen molar-refractivity contribution in [2.45, 2.75) is 59.0 Å². The minimum Gasteiger partial charge on any atom is -0.337 e. The first-order valence-corrected chi connectivity index (χ1v) is 9.67. The van der Waals surface area contributed by atoms with Crippen molar-refractivity contribution in [3.8, 4) is 0 Å². The van der Waals surface area contributed by atoms with E-state index in [1.807, 2.05) is 44.0 Å². The minimum absolute atomic E-state index is 0.0857. The third-order valence-corrected chi connectivity index (χ3v) is 5.49. The molecule has 1 amide bonds. The smallest absolute Gasteiger partial charge is 0.274 e. The zero-order valence-corrected chi connectivity index (χ0v) is 16.2. The molecule has 0 radical (unpaired) electrons. The normalized spacial score (nSPS) is 20.5. The Morgan fingerprint density at radius 1 is 1.23 bits per heavy atom. The molecule has 140 valence electrons. The Kier molecular flexibility index (Phi) is 5.44. The van der Waals surface area contributed by atoms with Crippen LogP contribution in [0.4, 0.5) is 0 Å². The molecule has 3 rings (SSSR count). The molecule has 0 spiro atoms. The number of amides is 1. The second-order valence-corrected chi connectivity index (χ2v) is 8.02. The number of rotatable bonds is 4. The van der Waals surface area contributed by atoms with E-state index >= 15 is 0 Å². The lowest BCUT2D eigenvalue weighted by Crippen LogP contribution is -2.43. The molecule has 1 heterocycles. The van der Waals surface area contributed by atoms with E-state index in [1.165, 1.54) is 11.1 Å². The van der Waals surface area contributed by atoms with Gasteiger partial charge in [0.1, 0.15) is 0 Å². The van der Waals surface area contributed by atoms with Gasteiger partial charge < -0.3 is 4.90 Å². The van der Waals surface area contributed by atoms with Gasteiger partial charge in [0.2, 0.25) is 0 Å². The Morgan fingerprint density at radius 2 is 1.88 bits per heavy atom. The molecule has 1 aromatic carbocycles. The highest BCUT2D eigenvalue weighted by Gasteiger charge is 2.30. The van der Waals surface area contributed by atoms with Crippen LogP contribution in [-0.2, 0) is 6.54 Å². The molecule has 2 unspecified atom stereocenters. The number of nitrogens with zero attached hydrogens (tertiary/aromatic N) is 3. The molecule has 1 aliphatic carbocycles. The largest absolute Gasteiger partial charge is 0.337 e. The molecule has 1 saturated carbocycles. The van der Waals surface area contributed by atoms with E-state index in [1.54, 1.807) is 6.07 Å². The van der Waals surface area contributed by atoms with Crippen LogP contribution in [0.5, 0.6) is 0 Å². The average molecular weight is 355 g/mol. The van der Waals surface area contributed by atoms with Crippen molar-refractivity contribution in [2.75, 3.05) is 7.05 Å². The van der Waals surface area contributed by atoms with Crippen LogP contribution in [0, 0.1) is 11.8 Å². The van der Waals surface area contributed by atoms with Gasteiger partial charge >= 0.3 is 0 Å². The monoisotopic (exact) mass is 355 g/mol. The van der Waals surface area contributed by atoms with Gasteiger partial charge in [0.05, 0.1) is 5.39 Å². The van der Waals surface area contributed by atoms with Gasteiger partial charge in [-0.15, -0.1) is 0 Å². The minimum atomic E-state index is -0.125. The van der Waals surface area contributed by atoms with Crippen LogP contribution >= 0.6 is 0 Å². The standard InChI is InChI=1S/C21H29N3O2/c1-14(2)13-24-20(25)17-11-7-6-10-16(17)19(22-24)21(26)23(4)18-12-8-5-9-15(18)3/h6-7,10-11,14-15,18H,5,8-9,12-13H2,1-4H3. The third kappa shape index (κ3) is 3.53. The number of hydrogen-bond donors (Lipinski definition) is 0. The van der Waals surface area contributed by atoms with Crippen LogP contribution in [0.15, 0.2) is 29.1 Å². The molecule has 5 heteroatoms. The Balaban J connectivity index is 2.06. The van der Waals surface area contributed by atoms with Gasteiger partial charge in [-0.1, -0.05) is 51.8 Å². The zero-order chi connectivity index (χ0) is 18.8. The van der Waals surface area contributed by atoms with E-state index < -0.39 is 0 Å². The predicted octanol–water partition coefficient (Wildman–Crippen LogP) is 3.70. The Bertz CT molecular complexity index is 856. The highest BCUT2D eigenvalue weighted by Crippen LogP contribution is 2.28. The van der Waals surface area contributed by atoms with Gasteiger partial charge in [-0.2, -0.15) is 5.10 Å². The maximum absolute atomic E-state index is 13.3. The van der Waals surface area contributed by atoms with Crippen LogP contribution < -0.4 is 5.56 Å². The molecule has 0 bridgehead atoms. The molecular formula is C21H29N3O2. The molecule has 5 nitrogen and oxygen atoms in total. The predicted molar refractivity (Wildman–Crippen MR) is 104 cm³/mol. The van der Waals surface area contributed by atoms with E-state index in [-0.39, 0.29) is 23.4 Å². The van der Waals surface area contributed by atoms with Gasteiger partial charge in [0, 0.05) is 25.0 Å². The Labute approximate surface area is 155 Å². The van der Waals surface area contributed by atoms with Gasteiger partial charge in [-0.3, -0.25) is 9.59 Å². The summed E-state index contributed by atoms with van der Waals surface area (Å²) in [6.45, 7) is 6.81.